The zero-order chi connectivity index (χ0) is 19.7. The van der Waals surface area contributed by atoms with Gasteiger partial charge >= 0.3 is 18.2 Å². The zero-order valence-electron chi connectivity index (χ0n) is 14.9. The average Bonchev–Trinajstić information content (AvgIpc) is 2.99. The van der Waals surface area contributed by atoms with E-state index in [9.17, 15) is 22.8 Å². The summed E-state index contributed by atoms with van der Waals surface area (Å²) < 4.78 is 39.0. The monoisotopic (exact) mass is 372 g/mol. The summed E-state index contributed by atoms with van der Waals surface area (Å²) >= 11 is 0. The molecule has 8 heteroatoms. The third-order valence-electron chi connectivity index (χ3n) is 4.86. The van der Waals surface area contributed by atoms with Crippen molar-refractivity contribution in [3.8, 4) is 0 Å². The molecule has 5 nitrogen and oxygen atoms in total. The van der Waals surface area contributed by atoms with Crippen molar-refractivity contribution in [3.63, 3.8) is 0 Å². The summed E-state index contributed by atoms with van der Waals surface area (Å²) in [5, 5.41) is 11.7. The second-order valence-corrected chi connectivity index (χ2v) is 7.41. The molecule has 1 saturated heterocycles. The smallest absolute Gasteiger partial charge is 0.394 e. The van der Waals surface area contributed by atoms with Crippen LogP contribution in [0.25, 0.3) is 0 Å². The maximum absolute atomic E-state index is 13.0. The number of aryl methyl sites for hydroxylation is 1. The van der Waals surface area contributed by atoms with Gasteiger partial charge in [0.05, 0.1) is 11.8 Å². The number of likely N-dealkylation sites (tertiary alicyclic amines) is 1. The van der Waals surface area contributed by atoms with Gasteiger partial charge in [-0.15, -0.1) is 0 Å². The third-order valence-corrected chi connectivity index (χ3v) is 4.86. The summed E-state index contributed by atoms with van der Waals surface area (Å²) in [5.74, 6) is -5.22. The Morgan fingerprint density at radius 2 is 1.77 bits per heavy atom. The lowest BCUT2D eigenvalue weighted by molar-refractivity contribution is -0.187. The molecular formula is C18H23F3N2O3. The van der Waals surface area contributed by atoms with E-state index in [4.69, 9.17) is 5.11 Å². The van der Waals surface area contributed by atoms with E-state index in [-0.39, 0.29) is 6.54 Å². The maximum Gasteiger partial charge on any atom is 0.394 e. The molecule has 1 fully saturated rings. The number of carboxylic acids is 1. The predicted molar refractivity (Wildman–Crippen MR) is 89.8 cm³/mol. The molecule has 0 spiro atoms. The summed E-state index contributed by atoms with van der Waals surface area (Å²) in [4.78, 5) is 24.3. The first kappa shape index (κ1) is 20.1. The highest BCUT2D eigenvalue weighted by Gasteiger charge is 2.53. The third kappa shape index (κ3) is 4.47. The Hall–Kier alpha value is -2.25. The number of alkyl halides is 3. The van der Waals surface area contributed by atoms with E-state index in [2.05, 4.69) is 5.32 Å². The van der Waals surface area contributed by atoms with Crippen LogP contribution in [0.15, 0.2) is 24.3 Å². The van der Waals surface area contributed by atoms with Crippen molar-refractivity contribution in [1.29, 1.82) is 0 Å². The molecule has 0 aliphatic carbocycles. The van der Waals surface area contributed by atoms with E-state index >= 15 is 0 Å². The average molecular weight is 372 g/mol. The quantitative estimate of drug-likeness (QED) is 0.853. The molecule has 0 radical (unpaired) electrons. The first-order valence-corrected chi connectivity index (χ1v) is 8.31. The van der Waals surface area contributed by atoms with Crippen LogP contribution in [0.2, 0.25) is 0 Å². The number of nitrogens with one attached hydrogen (secondary N) is 1. The number of halogens is 3. The Morgan fingerprint density at radius 3 is 2.23 bits per heavy atom. The summed E-state index contributed by atoms with van der Waals surface area (Å²) in [6.07, 6.45) is -4.65. The summed E-state index contributed by atoms with van der Waals surface area (Å²) in [5.41, 5.74) is 1.67. The fourth-order valence-electron chi connectivity index (χ4n) is 3.07. The lowest BCUT2D eigenvalue weighted by Crippen LogP contribution is -2.44. The van der Waals surface area contributed by atoms with Crippen LogP contribution in [0.5, 0.6) is 0 Å². The lowest BCUT2D eigenvalue weighted by Gasteiger charge is -2.27. The van der Waals surface area contributed by atoms with Gasteiger partial charge in [-0.25, -0.2) is 4.79 Å². The normalized spacial score (nSPS) is 20.9. The van der Waals surface area contributed by atoms with Gasteiger partial charge in [-0.1, -0.05) is 43.7 Å². The van der Waals surface area contributed by atoms with Crippen molar-refractivity contribution in [3.05, 3.63) is 35.4 Å². The Balaban J connectivity index is 2.01. The fraction of sp³-hybridized carbons (Fsp3) is 0.556. The molecule has 1 aromatic carbocycles. The number of carbonyl (C=O) groups is 2. The predicted octanol–water partition coefficient (Wildman–Crippen LogP) is 3.18. The number of aliphatic carboxylic acids is 1. The summed E-state index contributed by atoms with van der Waals surface area (Å²) in [6, 6.07) is 7.10. The molecule has 2 amide bonds. The Kier molecular flexibility index (Phi) is 5.53. The fourth-order valence-corrected chi connectivity index (χ4v) is 3.07. The molecule has 2 atom stereocenters. The van der Waals surface area contributed by atoms with Gasteiger partial charge in [0.15, 0.2) is 0 Å². The molecule has 144 valence electrons. The topological polar surface area (TPSA) is 69.6 Å². The van der Waals surface area contributed by atoms with Crippen molar-refractivity contribution in [2.45, 2.75) is 32.4 Å². The van der Waals surface area contributed by atoms with Gasteiger partial charge in [-0.3, -0.25) is 4.79 Å². The lowest BCUT2D eigenvalue weighted by atomic mass is 9.84. The van der Waals surface area contributed by atoms with Crippen LogP contribution in [-0.4, -0.2) is 47.8 Å². The van der Waals surface area contributed by atoms with E-state index < -0.39 is 48.5 Å². The molecule has 2 rings (SSSR count). The molecular weight excluding hydrogens is 349 g/mol. The highest BCUT2D eigenvalue weighted by molar-refractivity contribution is 5.77. The highest BCUT2D eigenvalue weighted by Crippen LogP contribution is 2.37. The highest BCUT2D eigenvalue weighted by atomic mass is 19.4. The van der Waals surface area contributed by atoms with Crippen molar-refractivity contribution in [2.24, 2.45) is 11.8 Å². The van der Waals surface area contributed by atoms with Crippen molar-refractivity contribution < 1.29 is 27.9 Å². The number of hydrogen-bond acceptors (Lipinski definition) is 2. The number of amides is 2. The van der Waals surface area contributed by atoms with E-state index in [0.29, 0.717) is 0 Å². The minimum Gasteiger partial charge on any atom is -0.481 e. The minimum atomic E-state index is -4.65. The van der Waals surface area contributed by atoms with Crippen molar-refractivity contribution in [1.82, 2.24) is 10.2 Å². The second kappa shape index (κ2) is 7.17. The number of benzene rings is 1. The van der Waals surface area contributed by atoms with E-state index in [0.717, 1.165) is 16.0 Å². The van der Waals surface area contributed by atoms with Crippen LogP contribution in [0.3, 0.4) is 0 Å². The first-order valence-electron chi connectivity index (χ1n) is 8.31. The molecule has 1 aliphatic rings. The van der Waals surface area contributed by atoms with Crippen molar-refractivity contribution >= 4 is 12.0 Å². The van der Waals surface area contributed by atoms with Crippen LogP contribution in [-0.2, 0) is 10.2 Å². The number of hydrogen-bond donors (Lipinski definition) is 2. The standard InChI is InChI=1S/C18H23F3N2O3/c1-11-4-6-12(7-5-11)17(2,3)10-22-16(26)23-8-13(15(24)25)14(9-23)18(19,20)21/h4-7,13-14H,8-10H2,1-3H3,(H,22,26)(H,24,25)/t13-,14-/m1/s1. The minimum absolute atomic E-state index is 0.222. The summed E-state index contributed by atoms with van der Waals surface area (Å²) in [7, 11) is 0. The number of rotatable bonds is 4. The molecule has 1 aromatic rings. The Morgan fingerprint density at radius 1 is 1.19 bits per heavy atom. The molecule has 0 bridgehead atoms. The van der Waals surface area contributed by atoms with Crippen molar-refractivity contribution in [2.75, 3.05) is 19.6 Å². The zero-order valence-corrected chi connectivity index (χ0v) is 14.9. The number of nitrogens with zero attached hydrogens (tertiary/aromatic N) is 1. The molecule has 0 unspecified atom stereocenters. The van der Waals surface area contributed by atoms with Gasteiger partial charge in [-0.05, 0) is 12.5 Å². The SMILES string of the molecule is Cc1ccc(C(C)(C)CNC(=O)N2C[C@@H](C(F)(F)F)[C@H](C(=O)O)C2)cc1. The maximum atomic E-state index is 13.0. The molecule has 2 N–H and O–H groups in total. The van der Waals surface area contributed by atoms with Gasteiger partial charge in [0.25, 0.3) is 0 Å². The van der Waals surface area contributed by atoms with Crippen LogP contribution in [0.1, 0.15) is 25.0 Å². The number of carboxylic acid groups (broad SMARTS) is 1. The molecule has 0 saturated carbocycles. The molecule has 1 heterocycles. The second-order valence-electron chi connectivity index (χ2n) is 7.41. The Labute approximate surface area is 150 Å². The molecule has 1 aliphatic heterocycles. The molecule has 26 heavy (non-hydrogen) atoms. The molecule has 0 aromatic heterocycles. The van der Waals surface area contributed by atoms with E-state index in [1.807, 2.05) is 45.0 Å². The summed E-state index contributed by atoms with van der Waals surface area (Å²) in [6.45, 7) is 4.93. The van der Waals surface area contributed by atoms with Crippen LogP contribution < -0.4 is 5.32 Å². The first-order chi connectivity index (χ1) is 11.9. The van der Waals surface area contributed by atoms with Crippen LogP contribution in [0, 0.1) is 18.8 Å². The van der Waals surface area contributed by atoms with Gasteiger partial charge in [0.1, 0.15) is 0 Å². The largest absolute Gasteiger partial charge is 0.481 e. The van der Waals surface area contributed by atoms with E-state index in [1.165, 1.54) is 0 Å². The van der Waals surface area contributed by atoms with Gasteiger partial charge in [-0.2, -0.15) is 13.2 Å². The van der Waals surface area contributed by atoms with E-state index in [1.54, 1.807) is 0 Å². The van der Waals surface area contributed by atoms with Crippen LogP contribution >= 0.6 is 0 Å². The number of urea groups is 1. The van der Waals surface area contributed by atoms with Gasteiger partial charge in [0.2, 0.25) is 0 Å². The Bertz CT molecular complexity index is 671. The van der Waals surface area contributed by atoms with Crippen LogP contribution in [0.4, 0.5) is 18.0 Å². The van der Waals surface area contributed by atoms with Gasteiger partial charge in [0, 0.05) is 25.0 Å². The van der Waals surface area contributed by atoms with Gasteiger partial charge < -0.3 is 15.3 Å². The number of carbonyl (C=O) groups excluding carboxylic acids is 1.